The van der Waals surface area contributed by atoms with E-state index in [1.165, 1.54) is 0 Å². The Balaban J connectivity index is 0.000000845. The molecule has 3 N–H and O–H groups in total. The molecule has 0 atom stereocenters. The predicted octanol–water partition coefficient (Wildman–Crippen LogP) is 0.533. The predicted molar refractivity (Wildman–Crippen MR) is 49.0 cm³/mol. The van der Waals surface area contributed by atoms with Gasteiger partial charge >= 0.3 is 5.97 Å². The van der Waals surface area contributed by atoms with E-state index in [-0.39, 0.29) is 18.0 Å². The number of carboxylic acid groups (broad SMARTS) is 1. The SMILES string of the molecule is Cl.NCC12CCC(C(=O)O)(CC1)O2. The molecule has 0 aliphatic carbocycles. The van der Waals surface area contributed by atoms with Gasteiger partial charge in [-0.3, -0.25) is 0 Å². The van der Waals surface area contributed by atoms with Gasteiger partial charge in [-0.05, 0) is 25.7 Å². The molecule has 13 heavy (non-hydrogen) atoms. The molecule has 76 valence electrons. The van der Waals surface area contributed by atoms with Crippen molar-refractivity contribution in [3.63, 3.8) is 0 Å². The summed E-state index contributed by atoms with van der Waals surface area (Å²) in [4.78, 5) is 10.9. The summed E-state index contributed by atoms with van der Waals surface area (Å²) in [6.45, 7) is 0.446. The standard InChI is InChI=1S/C8H13NO3.ClH/c9-5-7-1-3-8(12-7,4-2-7)6(10)11;/h1-5,9H2,(H,10,11);1H. The summed E-state index contributed by atoms with van der Waals surface area (Å²) in [6, 6.07) is 0. The lowest BCUT2D eigenvalue weighted by Gasteiger charge is -2.20. The van der Waals surface area contributed by atoms with E-state index >= 15 is 0 Å². The van der Waals surface area contributed by atoms with Crippen LogP contribution in [0.3, 0.4) is 0 Å². The molecule has 0 saturated carbocycles. The smallest absolute Gasteiger partial charge is 0.336 e. The van der Waals surface area contributed by atoms with Crippen molar-refractivity contribution < 1.29 is 14.6 Å². The minimum absolute atomic E-state index is 0. The highest BCUT2D eigenvalue weighted by Gasteiger charge is 2.59. The molecular formula is C8H14ClNO3. The van der Waals surface area contributed by atoms with Gasteiger partial charge in [0.2, 0.25) is 0 Å². The maximum atomic E-state index is 10.9. The van der Waals surface area contributed by atoms with Crippen molar-refractivity contribution in [2.24, 2.45) is 5.73 Å². The van der Waals surface area contributed by atoms with Crippen molar-refractivity contribution in [1.29, 1.82) is 0 Å². The molecule has 0 radical (unpaired) electrons. The maximum absolute atomic E-state index is 10.9. The largest absolute Gasteiger partial charge is 0.479 e. The number of carbonyl (C=O) groups is 1. The van der Waals surface area contributed by atoms with E-state index in [9.17, 15) is 4.79 Å². The van der Waals surface area contributed by atoms with Gasteiger partial charge < -0.3 is 15.6 Å². The van der Waals surface area contributed by atoms with Gasteiger partial charge in [0.25, 0.3) is 0 Å². The summed E-state index contributed by atoms with van der Waals surface area (Å²) >= 11 is 0. The number of halogens is 1. The Morgan fingerprint density at radius 3 is 2.15 bits per heavy atom. The van der Waals surface area contributed by atoms with Crippen molar-refractivity contribution in [2.75, 3.05) is 6.54 Å². The molecule has 4 nitrogen and oxygen atoms in total. The number of hydrogen-bond acceptors (Lipinski definition) is 3. The lowest BCUT2D eigenvalue weighted by molar-refractivity contribution is -0.161. The average molecular weight is 208 g/mol. The van der Waals surface area contributed by atoms with E-state index in [4.69, 9.17) is 15.6 Å². The Hall–Kier alpha value is -0.320. The zero-order chi connectivity index (χ0) is 8.82. The maximum Gasteiger partial charge on any atom is 0.336 e. The monoisotopic (exact) mass is 207 g/mol. The van der Waals surface area contributed by atoms with Crippen LogP contribution >= 0.6 is 12.4 Å². The van der Waals surface area contributed by atoms with Gasteiger partial charge in [0, 0.05) is 6.54 Å². The number of fused-ring (bicyclic) bond motifs is 2. The van der Waals surface area contributed by atoms with E-state index in [0.717, 1.165) is 12.8 Å². The second kappa shape index (κ2) is 3.12. The Morgan fingerprint density at radius 2 is 1.92 bits per heavy atom. The van der Waals surface area contributed by atoms with Gasteiger partial charge in [0.1, 0.15) is 0 Å². The molecule has 2 aliphatic heterocycles. The van der Waals surface area contributed by atoms with Gasteiger partial charge in [0.15, 0.2) is 5.60 Å². The molecule has 5 heteroatoms. The van der Waals surface area contributed by atoms with Crippen LogP contribution in [0.1, 0.15) is 25.7 Å². The molecule has 0 aromatic rings. The third-order valence-electron chi connectivity index (χ3n) is 3.14. The molecule has 0 aromatic heterocycles. The van der Waals surface area contributed by atoms with Gasteiger partial charge in [0.05, 0.1) is 5.60 Å². The third kappa shape index (κ3) is 1.33. The molecule has 2 fully saturated rings. The van der Waals surface area contributed by atoms with Crippen LogP contribution in [0.5, 0.6) is 0 Å². The molecule has 0 spiro atoms. The summed E-state index contributed by atoms with van der Waals surface area (Å²) in [7, 11) is 0. The van der Waals surface area contributed by atoms with Crippen LogP contribution in [0.15, 0.2) is 0 Å². The average Bonchev–Trinajstić information content (AvgIpc) is 2.61. The van der Waals surface area contributed by atoms with Gasteiger partial charge in [-0.2, -0.15) is 0 Å². The first-order valence-electron chi connectivity index (χ1n) is 4.26. The van der Waals surface area contributed by atoms with Crippen LogP contribution in [-0.2, 0) is 9.53 Å². The number of aliphatic carboxylic acids is 1. The van der Waals surface area contributed by atoms with E-state index in [2.05, 4.69) is 0 Å². The third-order valence-corrected chi connectivity index (χ3v) is 3.14. The fourth-order valence-corrected chi connectivity index (χ4v) is 2.23. The van der Waals surface area contributed by atoms with E-state index < -0.39 is 11.6 Å². The van der Waals surface area contributed by atoms with E-state index in [1.54, 1.807) is 0 Å². The second-order valence-electron chi connectivity index (χ2n) is 3.79. The minimum atomic E-state index is -0.890. The van der Waals surface area contributed by atoms with Crippen molar-refractivity contribution in [3.8, 4) is 0 Å². The van der Waals surface area contributed by atoms with Gasteiger partial charge in [-0.15, -0.1) is 12.4 Å². The fraction of sp³-hybridized carbons (Fsp3) is 0.875. The van der Waals surface area contributed by atoms with Crippen LogP contribution in [0, 0.1) is 0 Å². The first-order chi connectivity index (χ1) is 5.63. The Bertz CT molecular complexity index is 223. The number of nitrogens with two attached hydrogens (primary N) is 1. The quantitative estimate of drug-likeness (QED) is 0.693. The van der Waals surface area contributed by atoms with Crippen LogP contribution in [0.4, 0.5) is 0 Å². The highest BCUT2D eigenvalue weighted by Crippen LogP contribution is 2.50. The van der Waals surface area contributed by atoms with E-state index in [1.807, 2.05) is 0 Å². The van der Waals surface area contributed by atoms with Crippen LogP contribution < -0.4 is 5.73 Å². The lowest BCUT2D eigenvalue weighted by atomic mass is 9.82. The topological polar surface area (TPSA) is 72.6 Å². The molecular weight excluding hydrogens is 194 g/mol. The van der Waals surface area contributed by atoms with Crippen molar-refractivity contribution in [1.82, 2.24) is 0 Å². The summed E-state index contributed by atoms with van der Waals surface area (Å²) < 4.78 is 5.53. The zero-order valence-corrected chi connectivity index (χ0v) is 8.10. The molecule has 2 heterocycles. The van der Waals surface area contributed by atoms with E-state index in [0.29, 0.717) is 19.4 Å². The highest BCUT2D eigenvalue weighted by molar-refractivity contribution is 5.85. The summed E-state index contributed by atoms with van der Waals surface area (Å²) in [5, 5.41) is 8.93. The molecule has 2 rings (SSSR count). The highest BCUT2D eigenvalue weighted by atomic mass is 35.5. The lowest BCUT2D eigenvalue weighted by Crippen LogP contribution is -2.36. The molecule has 2 saturated heterocycles. The summed E-state index contributed by atoms with van der Waals surface area (Å²) in [5.74, 6) is -0.824. The molecule has 2 aliphatic rings. The Kier molecular flexibility index (Phi) is 2.58. The minimum Gasteiger partial charge on any atom is -0.479 e. The number of rotatable bonds is 2. The summed E-state index contributed by atoms with van der Waals surface area (Å²) in [6.07, 6.45) is 2.85. The fourth-order valence-electron chi connectivity index (χ4n) is 2.23. The van der Waals surface area contributed by atoms with Crippen molar-refractivity contribution >= 4 is 18.4 Å². The molecule has 0 aromatic carbocycles. The molecule has 2 bridgehead atoms. The molecule has 0 amide bonds. The van der Waals surface area contributed by atoms with Crippen molar-refractivity contribution in [2.45, 2.75) is 36.9 Å². The number of hydrogen-bond donors (Lipinski definition) is 2. The van der Waals surface area contributed by atoms with Crippen LogP contribution in [0.25, 0.3) is 0 Å². The molecule has 0 unspecified atom stereocenters. The first kappa shape index (κ1) is 10.8. The zero-order valence-electron chi connectivity index (χ0n) is 7.28. The Morgan fingerprint density at radius 1 is 1.38 bits per heavy atom. The summed E-state index contributed by atoms with van der Waals surface area (Å²) in [5.41, 5.74) is 4.35. The first-order valence-corrected chi connectivity index (χ1v) is 4.26. The Labute approximate surface area is 82.8 Å². The van der Waals surface area contributed by atoms with Crippen molar-refractivity contribution in [3.05, 3.63) is 0 Å². The van der Waals surface area contributed by atoms with Gasteiger partial charge in [-0.25, -0.2) is 4.79 Å². The number of carboxylic acids is 1. The van der Waals surface area contributed by atoms with Crippen LogP contribution in [-0.4, -0.2) is 28.8 Å². The normalized spacial score (nSPS) is 41.6. The van der Waals surface area contributed by atoms with Gasteiger partial charge in [-0.1, -0.05) is 0 Å². The second-order valence-corrected chi connectivity index (χ2v) is 3.79. The number of ether oxygens (including phenoxy) is 1. The van der Waals surface area contributed by atoms with Crippen LogP contribution in [0.2, 0.25) is 0 Å².